The molecular weight excluding hydrogens is 424 g/mol. The van der Waals surface area contributed by atoms with E-state index >= 15 is 0 Å². The van der Waals surface area contributed by atoms with Crippen LogP contribution in [0.5, 0.6) is 11.5 Å². The van der Waals surface area contributed by atoms with Gasteiger partial charge in [0.15, 0.2) is 11.5 Å². The Balaban J connectivity index is 1.46. The maximum Gasteiger partial charge on any atom is 0.226 e. The van der Waals surface area contributed by atoms with Crippen molar-refractivity contribution in [2.24, 2.45) is 0 Å². The van der Waals surface area contributed by atoms with Gasteiger partial charge in [-0.15, -0.1) is 0 Å². The molecule has 0 radical (unpaired) electrons. The molecule has 0 N–H and O–H groups in total. The summed E-state index contributed by atoms with van der Waals surface area (Å²) in [6.07, 6.45) is 11.2. The molecule has 5 nitrogen and oxygen atoms in total. The van der Waals surface area contributed by atoms with Crippen LogP contribution in [0.4, 0.5) is 0 Å². The number of nitrogens with zero attached hydrogens (tertiary/aromatic N) is 2. The molecule has 0 aliphatic heterocycles. The summed E-state index contributed by atoms with van der Waals surface area (Å²) in [5, 5.41) is 0. The van der Waals surface area contributed by atoms with E-state index in [1.54, 1.807) is 14.2 Å². The Kier molecular flexibility index (Phi) is 10.5. The summed E-state index contributed by atoms with van der Waals surface area (Å²) >= 11 is 0. The fourth-order valence-electron chi connectivity index (χ4n) is 4.68. The molecule has 3 rings (SSSR count). The third-order valence-corrected chi connectivity index (χ3v) is 6.66. The molecule has 5 heteroatoms. The van der Waals surface area contributed by atoms with Crippen LogP contribution in [-0.4, -0.2) is 62.7 Å². The number of benzene rings is 2. The van der Waals surface area contributed by atoms with Gasteiger partial charge in [-0.3, -0.25) is 4.79 Å². The number of methoxy groups -OCH3 is 2. The Labute approximate surface area is 205 Å². The number of hydrogen-bond acceptors (Lipinski definition) is 4. The third-order valence-electron chi connectivity index (χ3n) is 6.66. The lowest BCUT2D eigenvalue weighted by Gasteiger charge is -2.29. The predicted octanol–water partition coefficient (Wildman–Crippen LogP) is 5.44. The van der Waals surface area contributed by atoms with Gasteiger partial charge in [0, 0.05) is 25.6 Å². The van der Waals surface area contributed by atoms with Crippen LogP contribution in [0, 0.1) is 0 Å². The molecule has 2 aromatic carbocycles. The van der Waals surface area contributed by atoms with Crippen molar-refractivity contribution in [3.8, 4) is 11.5 Å². The van der Waals surface area contributed by atoms with E-state index in [4.69, 9.17) is 9.47 Å². The summed E-state index contributed by atoms with van der Waals surface area (Å²) in [6.45, 7) is 2.78. The van der Waals surface area contributed by atoms with E-state index in [0.29, 0.717) is 12.5 Å². The average Bonchev–Trinajstić information content (AvgIpc) is 3.40. The van der Waals surface area contributed by atoms with Crippen molar-refractivity contribution in [3.05, 3.63) is 65.7 Å². The van der Waals surface area contributed by atoms with Gasteiger partial charge in [-0.2, -0.15) is 0 Å². The van der Waals surface area contributed by atoms with E-state index in [2.05, 4.69) is 41.1 Å². The van der Waals surface area contributed by atoms with Crippen molar-refractivity contribution < 1.29 is 14.3 Å². The van der Waals surface area contributed by atoms with E-state index in [1.807, 2.05) is 36.4 Å². The van der Waals surface area contributed by atoms with Crippen LogP contribution in [0.15, 0.2) is 54.6 Å². The van der Waals surface area contributed by atoms with Gasteiger partial charge in [-0.1, -0.05) is 61.4 Å². The summed E-state index contributed by atoms with van der Waals surface area (Å²) in [5.41, 5.74) is 2.37. The SMILES string of the molecule is COc1ccc(CCN(C)CCCN(C(=O)C/C=C/c2ccccc2)C2CCCC2)cc1OC. The minimum atomic E-state index is 0.257. The molecule has 184 valence electrons. The zero-order chi connectivity index (χ0) is 24.2. The maximum atomic E-state index is 13.1. The standard InChI is InChI=1S/C29H40N2O3/c1-30(22-19-25-17-18-27(33-2)28(23-25)34-3)20-10-21-31(26-14-7-8-15-26)29(32)16-9-13-24-11-5-4-6-12-24/h4-6,9,11-13,17-18,23,26H,7-8,10,14-16,19-22H2,1-3H3/b13-9+. The fraction of sp³-hybridized carbons (Fsp3) is 0.483. The molecule has 0 spiro atoms. The Morgan fingerprint density at radius 1 is 0.971 bits per heavy atom. The van der Waals surface area contributed by atoms with Crippen molar-refractivity contribution >= 4 is 12.0 Å². The molecule has 0 bridgehead atoms. The van der Waals surface area contributed by atoms with Crippen molar-refractivity contribution in [1.29, 1.82) is 0 Å². The topological polar surface area (TPSA) is 42.0 Å². The first kappa shape index (κ1) is 25.8. The van der Waals surface area contributed by atoms with Crippen molar-refractivity contribution in [2.75, 3.05) is 40.9 Å². The molecule has 0 aromatic heterocycles. The fourth-order valence-corrected chi connectivity index (χ4v) is 4.68. The molecule has 34 heavy (non-hydrogen) atoms. The molecule has 0 unspecified atom stereocenters. The quantitative estimate of drug-likeness (QED) is 0.396. The third kappa shape index (κ3) is 7.91. The molecule has 1 fully saturated rings. The summed E-state index contributed by atoms with van der Waals surface area (Å²) in [5.74, 6) is 1.79. The molecule has 1 aliphatic carbocycles. The average molecular weight is 465 g/mol. The van der Waals surface area contributed by atoms with Gasteiger partial charge in [0.25, 0.3) is 0 Å². The van der Waals surface area contributed by atoms with Gasteiger partial charge >= 0.3 is 0 Å². The Morgan fingerprint density at radius 2 is 1.71 bits per heavy atom. The predicted molar refractivity (Wildman–Crippen MR) is 139 cm³/mol. The minimum Gasteiger partial charge on any atom is -0.493 e. The first-order valence-corrected chi connectivity index (χ1v) is 12.5. The number of carbonyl (C=O) groups is 1. The van der Waals surface area contributed by atoms with Crippen molar-refractivity contribution in [2.45, 2.75) is 51.0 Å². The maximum absolute atomic E-state index is 13.1. The van der Waals surface area contributed by atoms with Crippen LogP contribution in [0.25, 0.3) is 6.08 Å². The van der Waals surface area contributed by atoms with Gasteiger partial charge in [0.05, 0.1) is 14.2 Å². The number of amides is 1. The van der Waals surface area contributed by atoms with Crippen LogP contribution in [0.3, 0.4) is 0 Å². The summed E-state index contributed by atoms with van der Waals surface area (Å²) in [4.78, 5) is 17.6. The summed E-state index contributed by atoms with van der Waals surface area (Å²) in [7, 11) is 5.48. The first-order chi connectivity index (χ1) is 16.6. The highest BCUT2D eigenvalue weighted by Crippen LogP contribution is 2.28. The van der Waals surface area contributed by atoms with Crippen molar-refractivity contribution in [1.82, 2.24) is 9.80 Å². The summed E-state index contributed by atoms with van der Waals surface area (Å²) < 4.78 is 10.7. The molecule has 0 heterocycles. The van der Waals surface area contributed by atoms with Gasteiger partial charge in [-0.05, 0) is 62.5 Å². The highest BCUT2D eigenvalue weighted by Gasteiger charge is 2.25. The second-order valence-electron chi connectivity index (χ2n) is 9.14. The Morgan fingerprint density at radius 3 is 2.41 bits per heavy atom. The molecule has 2 aromatic rings. The first-order valence-electron chi connectivity index (χ1n) is 12.5. The van der Waals surface area contributed by atoms with Gasteiger partial charge in [-0.25, -0.2) is 0 Å². The van der Waals surface area contributed by atoms with E-state index in [9.17, 15) is 4.79 Å². The molecule has 1 aliphatic rings. The highest BCUT2D eigenvalue weighted by molar-refractivity contribution is 5.79. The zero-order valence-corrected chi connectivity index (χ0v) is 21.0. The van der Waals surface area contributed by atoms with Gasteiger partial charge in [0.1, 0.15) is 0 Å². The Hall–Kier alpha value is -2.79. The van der Waals surface area contributed by atoms with E-state index < -0.39 is 0 Å². The monoisotopic (exact) mass is 464 g/mol. The second-order valence-corrected chi connectivity index (χ2v) is 9.14. The molecule has 1 saturated carbocycles. The smallest absolute Gasteiger partial charge is 0.226 e. The number of hydrogen-bond donors (Lipinski definition) is 0. The molecule has 0 saturated heterocycles. The van der Waals surface area contributed by atoms with Crippen LogP contribution in [-0.2, 0) is 11.2 Å². The second kappa shape index (κ2) is 13.8. The Bertz CT molecular complexity index is 907. The lowest BCUT2D eigenvalue weighted by molar-refractivity contribution is -0.132. The van der Waals surface area contributed by atoms with Crippen LogP contribution in [0.1, 0.15) is 49.7 Å². The van der Waals surface area contributed by atoms with Crippen LogP contribution < -0.4 is 9.47 Å². The van der Waals surface area contributed by atoms with Gasteiger partial charge < -0.3 is 19.3 Å². The number of carbonyl (C=O) groups excluding carboxylic acids is 1. The normalized spacial score (nSPS) is 14.1. The minimum absolute atomic E-state index is 0.257. The molecular formula is C29H40N2O3. The lowest BCUT2D eigenvalue weighted by Crippen LogP contribution is -2.40. The summed E-state index contributed by atoms with van der Waals surface area (Å²) in [6, 6.07) is 16.7. The van der Waals surface area contributed by atoms with Crippen LogP contribution >= 0.6 is 0 Å². The number of rotatable bonds is 13. The molecule has 0 atom stereocenters. The van der Waals surface area contributed by atoms with E-state index in [-0.39, 0.29) is 5.91 Å². The lowest BCUT2D eigenvalue weighted by atomic mass is 10.1. The molecule has 1 amide bonds. The highest BCUT2D eigenvalue weighted by atomic mass is 16.5. The van der Waals surface area contributed by atoms with Crippen LogP contribution in [0.2, 0.25) is 0 Å². The van der Waals surface area contributed by atoms with E-state index in [0.717, 1.165) is 62.4 Å². The zero-order valence-electron chi connectivity index (χ0n) is 21.0. The largest absolute Gasteiger partial charge is 0.493 e. The number of ether oxygens (including phenoxy) is 2. The number of likely N-dealkylation sites (N-methyl/N-ethyl adjacent to an activating group) is 1. The van der Waals surface area contributed by atoms with E-state index in [1.165, 1.54) is 18.4 Å². The van der Waals surface area contributed by atoms with Gasteiger partial charge in [0.2, 0.25) is 5.91 Å². The van der Waals surface area contributed by atoms with Crippen molar-refractivity contribution in [3.63, 3.8) is 0 Å².